The summed E-state index contributed by atoms with van der Waals surface area (Å²) in [6, 6.07) is -0.775. The molecule has 1 unspecified atom stereocenters. The number of hydrogen-bond acceptors (Lipinski definition) is 6. The lowest BCUT2D eigenvalue weighted by Crippen LogP contribution is -2.47. The SMILES string of the molecule is C=CC(O)[C@H]1CN(S(=O)(=O)CC[Si](C)(C)C)[C@@H](C(=O)OCC)[C@H]1O. The summed E-state index contributed by atoms with van der Waals surface area (Å²) in [5.41, 5.74) is 0. The Morgan fingerprint density at radius 2 is 2.04 bits per heavy atom. The van der Waals surface area contributed by atoms with Gasteiger partial charge in [-0.25, -0.2) is 8.42 Å². The molecule has 1 heterocycles. The number of hydrogen-bond donors (Lipinski definition) is 2. The Kier molecular flexibility index (Phi) is 7.18. The number of nitrogens with zero attached hydrogens (tertiary/aromatic N) is 1. The van der Waals surface area contributed by atoms with E-state index < -0.39 is 48.2 Å². The molecule has 0 aromatic heterocycles. The van der Waals surface area contributed by atoms with Crippen LogP contribution in [0.1, 0.15) is 6.92 Å². The van der Waals surface area contributed by atoms with Crippen LogP contribution in [0.15, 0.2) is 12.7 Å². The maximum Gasteiger partial charge on any atom is 0.327 e. The molecule has 0 amide bonds. The Bertz CT molecular complexity index is 559. The molecule has 0 bridgehead atoms. The van der Waals surface area contributed by atoms with E-state index in [0.29, 0.717) is 6.04 Å². The number of carbonyl (C=O) groups is 1. The monoisotopic (exact) mass is 379 g/mol. The van der Waals surface area contributed by atoms with Gasteiger partial charge in [0.1, 0.15) is 6.04 Å². The Balaban J connectivity index is 3.11. The van der Waals surface area contributed by atoms with Gasteiger partial charge in [-0.3, -0.25) is 4.79 Å². The lowest BCUT2D eigenvalue weighted by atomic mass is 9.96. The zero-order valence-corrected chi connectivity index (χ0v) is 16.6. The molecular formula is C15H29NO6SSi. The van der Waals surface area contributed by atoms with Crippen molar-refractivity contribution in [3.63, 3.8) is 0 Å². The van der Waals surface area contributed by atoms with Gasteiger partial charge in [0.05, 0.1) is 24.6 Å². The van der Waals surface area contributed by atoms with Gasteiger partial charge in [-0.1, -0.05) is 25.7 Å². The third-order valence-corrected chi connectivity index (χ3v) is 8.06. The van der Waals surface area contributed by atoms with Gasteiger partial charge >= 0.3 is 5.97 Å². The molecule has 0 saturated carbocycles. The molecule has 140 valence electrons. The van der Waals surface area contributed by atoms with Gasteiger partial charge in [0.25, 0.3) is 0 Å². The van der Waals surface area contributed by atoms with E-state index in [1.165, 1.54) is 6.08 Å². The van der Waals surface area contributed by atoms with Gasteiger partial charge in [0, 0.05) is 20.5 Å². The molecule has 7 nitrogen and oxygen atoms in total. The summed E-state index contributed by atoms with van der Waals surface area (Å²) >= 11 is 0. The molecule has 9 heteroatoms. The molecule has 1 fully saturated rings. The van der Waals surface area contributed by atoms with Crippen molar-refractivity contribution in [1.82, 2.24) is 4.31 Å². The standard InChI is InChI=1S/C15H29NO6SSi/c1-6-12(17)11-10-16(13(14(11)18)15(19)22-7-2)23(20,21)8-9-24(3,4)5/h6,11-14,17-18H,1,7-10H2,2-5H3/t11-,12?,13-,14+/m1/s1. The predicted molar refractivity (Wildman–Crippen MR) is 94.8 cm³/mol. The van der Waals surface area contributed by atoms with Crippen LogP contribution >= 0.6 is 0 Å². The largest absolute Gasteiger partial charge is 0.465 e. The molecule has 1 rings (SSSR count). The second-order valence-corrected chi connectivity index (χ2v) is 14.9. The summed E-state index contributed by atoms with van der Waals surface area (Å²) in [7, 11) is -5.35. The average molecular weight is 380 g/mol. The second kappa shape index (κ2) is 8.09. The highest BCUT2D eigenvalue weighted by Gasteiger charge is 2.52. The van der Waals surface area contributed by atoms with E-state index in [0.717, 1.165) is 4.31 Å². The fourth-order valence-corrected chi connectivity index (χ4v) is 7.31. The smallest absolute Gasteiger partial charge is 0.327 e. The number of ether oxygens (including phenoxy) is 1. The van der Waals surface area contributed by atoms with Crippen LogP contribution in [-0.4, -0.2) is 74.1 Å². The van der Waals surface area contributed by atoms with Crippen molar-refractivity contribution < 1.29 is 28.2 Å². The summed E-state index contributed by atoms with van der Waals surface area (Å²) in [6.45, 7) is 11.2. The van der Waals surface area contributed by atoms with E-state index in [-0.39, 0.29) is 18.9 Å². The molecule has 0 aliphatic carbocycles. The van der Waals surface area contributed by atoms with E-state index in [1.807, 2.05) is 0 Å². The van der Waals surface area contributed by atoms with Crippen LogP contribution < -0.4 is 0 Å². The van der Waals surface area contributed by atoms with Crippen molar-refractivity contribution >= 4 is 24.1 Å². The van der Waals surface area contributed by atoms with Crippen LogP contribution in [0.2, 0.25) is 25.7 Å². The molecule has 1 aliphatic heterocycles. The minimum atomic E-state index is -3.75. The molecule has 4 atom stereocenters. The van der Waals surface area contributed by atoms with Crippen molar-refractivity contribution in [2.45, 2.75) is 50.9 Å². The first-order valence-electron chi connectivity index (χ1n) is 8.09. The Morgan fingerprint density at radius 1 is 1.46 bits per heavy atom. The first-order valence-corrected chi connectivity index (χ1v) is 13.4. The summed E-state index contributed by atoms with van der Waals surface area (Å²) in [4.78, 5) is 12.2. The lowest BCUT2D eigenvalue weighted by Gasteiger charge is -2.25. The zero-order chi connectivity index (χ0) is 18.7. The minimum absolute atomic E-state index is 0.0811. The third kappa shape index (κ3) is 5.12. The third-order valence-electron chi connectivity index (χ3n) is 4.14. The molecule has 0 radical (unpaired) electrons. The van der Waals surface area contributed by atoms with E-state index in [9.17, 15) is 23.4 Å². The van der Waals surface area contributed by atoms with Crippen molar-refractivity contribution in [3.05, 3.63) is 12.7 Å². The Hall–Kier alpha value is -0.743. The van der Waals surface area contributed by atoms with E-state index in [2.05, 4.69) is 26.2 Å². The van der Waals surface area contributed by atoms with Gasteiger partial charge in [0.15, 0.2) is 0 Å². The molecule has 24 heavy (non-hydrogen) atoms. The molecule has 1 saturated heterocycles. The fourth-order valence-electron chi connectivity index (χ4n) is 2.64. The molecular weight excluding hydrogens is 350 g/mol. The summed E-state index contributed by atoms with van der Waals surface area (Å²) in [5, 5.41) is 20.4. The normalized spacial score (nSPS) is 27.0. The summed E-state index contributed by atoms with van der Waals surface area (Å²) < 4.78 is 31.4. The van der Waals surface area contributed by atoms with E-state index >= 15 is 0 Å². The number of esters is 1. The van der Waals surface area contributed by atoms with Crippen molar-refractivity contribution in [3.8, 4) is 0 Å². The number of carbonyl (C=O) groups excluding carboxylic acids is 1. The summed E-state index contributed by atoms with van der Waals surface area (Å²) in [6.07, 6.45) is -1.21. The number of aliphatic hydroxyl groups is 2. The summed E-state index contributed by atoms with van der Waals surface area (Å²) in [5.74, 6) is -1.68. The topological polar surface area (TPSA) is 104 Å². The zero-order valence-electron chi connectivity index (χ0n) is 14.8. The van der Waals surface area contributed by atoms with Crippen LogP contribution in [-0.2, 0) is 19.6 Å². The highest BCUT2D eigenvalue weighted by Crippen LogP contribution is 2.31. The van der Waals surface area contributed by atoms with E-state index in [4.69, 9.17) is 4.74 Å². The maximum atomic E-state index is 12.7. The Labute approximate surface area is 145 Å². The average Bonchev–Trinajstić information content (AvgIpc) is 2.82. The van der Waals surface area contributed by atoms with Crippen LogP contribution in [0.3, 0.4) is 0 Å². The van der Waals surface area contributed by atoms with Gasteiger partial charge in [-0.05, 0) is 13.0 Å². The highest BCUT2D eigenvalue weighted by molar-refractivity contribution is 7.89. The molecule has 0 aromatic carbocycles. The first-order chi connectivity index (χ1) is 10.9. The van der Waals surface area contributed by atoms with Crippen LogP contribution in [0.25, 0.3) is 0 Å². The number of rotatable bonds is 8. The van der Waals surface area contributed by atoms with Gasteiger partial charge in [-0.2, -0.15) is 4.31 Å². The fraction of sp³-hybridized carbons (Fsp3) is 0.800. The van der Waals surface area contributed by atoms with E-state index in [1.54, 1.807) is 6.92 Å². The van der Waals surface area contributed by atoms with Crippen LogP contribution in [0, 0.1) is 5.92 Å². The number of aliphatic hydroxyl groups excluding tert-OH is 2. The Morgan fingerprint density at radius 3 is 2.50 bits per heavy atom. The lowest BCUT2D eigenvalue weighted by molar-refractivity contribution is -0.150. The van der Waals surface area contributed by atoms with Crippen molar-refractivity contribution in [2.75, 3.05) is 18.9 Å². The van der Waals surface area contributed by atoms with Gasteiger partial charge in [0.2, 0.25) is 10.0 Å². The highest BCUT2D eigenvalue weighted by atomic mass is 32.2. The molecule has 0 aromatic rings. The molecule has 0 spiro atoms. The predicted octanol–water partition coefficient (Wildman–Crippen LogP) is 0.426. The first kappa shape index (κ1) is 21.3. The van der Waals surface area contributed by atoms with Gasteiger partial charge < -0.3 is 14.9 Å². The van der Waals surface area contributed by atoms with Crippen molar-refractivity contribution in [2.24, 2.45) is 5.92 Å². The molecule has 1 aliphatic rings. The minimum Gasteiger partial charge on any atom is -0.465 e. The van der Waals surface area contributed by atoms with Crippen LogP contribution in [0.5, 0.6) is 0 Å². The quantitative estimate of drug-likeness (QED) is 0.360. The molecule has 2 N–H and O–H groups in total. The number of sulfonamides is 1. The van der Waals surface area contributed by atoms with Gasteiger partial charge in [-0.15, -0.1) is 6.58 Å². The second-order valence-electron chi connectivity index (χ2n) is 7.27. The maximum absolute atomic E-state index is 12.7. The van der Waals surface area contributed by atoms with Crippen molar-refractivity contribution in [1.29, 1.82) is 0 Å². The van der Waals surface area contributed by atoms with Crippen LogP contribution in [0.4, 0.5) is 0 Å².